The normalized spacial score (nSPS) is 23.6. The minimum absolute atomic E-state index is 0.0514. The second kappa shape index (κ2) is 4.71. The molecule has 0 spiro atoms. The molecule has 1 amide bonds. The lowest BCUT2D eigenvalue weighted by atomic mass is 10.0. The number of benzene rings is 1. The highest BCUT2D eigenvalue weighted by Gasteiger charge is 2.31. The van der Waals surface area contributed by atoms with Crippen molar-refractivity contribution in [2.75, 3.05) is 11.9 Å². The van der Waals surface area contributed by atoms with Crippen LogP contribution in [0.1, 0.15) is 13.3 Å². The van der Waals surface area contributed by atoms with Crippen molar-refractivity contribution in [3.05, 3.63) is 24.0 Å². The SMILES string of the molecule is CC1CCOC1C(=O)Nc1ccc(O)cc1F. The molecule has 1 saturated heterocycles. The number of amides is 1. The van der Waals surface area contributed by atoms with Crippen molar-refractivity contribution in [2.45, 2.75) is 19.4 Å². The van der Waals surface area contributed by atoms with E-state index >= 15 is 0 Å². The third kappa shape index (κ3) is 2.55. The molecular formula is C12H14FNO3. The molecule has 1 aromatic carbocycles. The van der Waals surface area contributed by atoms with Crippen LogP contribution in [0.3, 0.4) is 0 Å². The maximum Gasteiger partial charge on any atom is 0.253 e. The number of hydrogen-bond donors (Lipinski definition) is 2. The second-order valence-electron chi connectivity index (χ2n) is 4.21. The van der Waals surface area contributed by atoms with E-state index in [0.29, 0.717) is 6.61 Å². The molecule has 1 fully saturated rings. The first-order valence-corrected chi connectivity index (χ1v) is 5.49. The Hall–Kier alpha value is -1.62. The number of anilines is 1. The van der Waals surface area contributed by atoms with Crippen molar-refractivity contribution in [1.29, 1.82) is 0 Å². The van der Waals surface area contributed by atoms with E-state index in [9.17, 15) is 9.18 Å². The molecule has 92 valence electrons. The van der Waals surface area contributed by atoms with Crippen molar-refractivity contribution in [3.8, 4) is 5.75 Å². The number of rotatable bonds is 2. The molecule has 2 unspecified atom stereocenters. The number of carbonyl (C=O) groups excluding carboxylic acids is 1. The Bertz CT molecular complexity index is 436. The van der Waals surface area contributed by atoms with Gasteiger partial charge in [-0.15, -0.1) is 0 Å². The zero-order chi connectivity index (χ0) is 12.4. The van der Waals surface area contributed by atoms with Crippen LogP contribution in [-0.4, -0.2) is 23.7 Å². The lowest BCUT2D eigenvalue weighted by molar-refractivity contribution is -0.126. The van der Waals surface area contributed by atoms with Gasteiger partial charge in [0.1, 0.15) is 17.7 Å². The Kier molecular flexibility index (Phi) is 3.28. The van der Waals surface area contributed by atoms with E-state index < -0.39 is 11.9 Å². The molecule has 0 saturated carbocycles. The van der Waals surface area contributed by atoms with Gasteiger partial charge in [-0.25, -0.2) is 4.39 Å². The lowest BCUT2D eigenvalue weighted by Crippen LogP contribution is -2.31. The smallest absolute Gasteiger partial charge is 0.253 e. The van der Waals surface area contributed by atoms with Gasteiger partial charge >= 0.3 is 0 Å². The van der Waals surface area contributed by atoms with E-state index in [-0.39, 0.29) is 23.3 Å². The number of hydrogen-bond acceptors (Lipinski definition) is 3. The molecule has 1 heterocycles. The van der Waals surface area contributed by atoms with Gasteiger partial charge in [0.25, 0.3) is 5.91 Å². The Labute approximate surface area is 98.4 Å². The number of phenols is 1. The summed E-state index contributed by atoms with van der Waals surface area (Å²) in [5.74, 6) is -1.05. The van der Waals surface area contributed by atoms with Crippen LogP contribution in [0, 0.1) is 11.7 Å². The molecule has 2 atom stereocenters. The van der Waals surface area contributed by atoms with Gasteiger partial charge in [-0.2, -0.15) is 0 Å². The Morgan fingerprint density at radius 1 is 1.59 bits per heavy atom. The van der Waals surface area contributed by atoms with Crippen molar-refractivity contribution in [1.82, 2.24) is 0 Å². The van der Waals surface area contributed by atoms with Crippen molar-refractivity contribution in [2.24, 2.45) is 5.92 Å². The molecule has 17 heavy (non-hydrogen) atoms. The lowest BCUT2D eigenvalue weighted by Gasteiger charge is -2.14. The van der Waals surface area contributed by atoms with E-state index in [1.807, 2.05) is 6.92 Å². The van der Waals surface area contributed by atoms with Crippen LogP contribution >= 0.6 is 0 Å². The van der Waals surface area contributed by atoms with E-state index in [4.69, 9.17) is 9.84 Å². The average molecular weight is 239 g/mol. The highest BCUT2D eigenvalue weighted by molar-refractivity contribution is 5.94. The monoisotopic (exact) mass is 239 g/mol. The zero-order valence-electron chi connectivity index (χ0n) is 9.44. The molecule has 5 heteroatoms. The summed E-state index contributed by atoms with van der Waals surface area (Å²) in [6.07, 6.45) is 0.305. The second-order valence-corrected chi connectivity index (χ2v) is 4.21. The number of nitrogens with one attached hydrogen (secondary N) is 1. The highest BCUT2D eigenvalue weighted by atomic mass is 19.1. The number of phenolic OH excluding ortho intramolecular Hbond substituents is 1. The minimum atomic E-state index is -0.663. The number of carbonyl (C=O) groups is 1. The fraction of sp³-hybridized carbons (Fsp3) is 0.417. The van der Waals surface area contributed by atoms with E-state index in [0.717, 1.165) is 12.5 Å². The number of ether oxygens (including phenoxy) is 1. The van der Waals surface area contributed by atoms with Crippen molar-refractivity contribution < 1.29 is 19.0 Å². The molecule has 0 radical (unpaired) electrons. The van der Waals surface area contributed by atoms with Gasteiger partial charge in [0.15, 0.2) is 0 Å². The molecule has 1 aromatic rings. The van der Waals surface area contributed by atoms with Gasteiger partial charge in [-0.1, -0.05) is 6.92 Å². The molecule has 4 nitrogen and oxygen atoms in total. The first-order chi connectivity index (χ1) is 8.08. The molecule has 0 bridgehead atoms. The van der Waals surface area contributed by atoms with Gasteiger partial charge in [0.05, 0.1) is 5.69 Å². The largest absolute Gasteiger partial charge is 0.508 e. The quantitative estimate of drug-likeness (QED) is 0.775. The fourth-order valence-corrected chi connectivity index (χ4v) is 1.84. The predicted molar refractivity (Wildman–Crippen MR) is 60.2 cm³/mol. The molecule has 1 aliphatic heterocycles. The molecule has 0 aromatic heterocycles. The summed E-state index contributed by atoms with van der Waals surface area (Å²) in [6.45, 7) is 2.47. The van der Waals surface area contributed by atoms with Crippen LogP contribution in [0.5, 0.6) is 5.75 Å². The summed E-state index contributed by atoms with van der Waals surface area (Å²) in [5, 5.41) is 11.5. The first-order valence-electron chi connectivity index (χ1n) is 5.49. The van der Waals surface area contributed by atoms with Crippen LogP contribution in [0.4, 0.5) is 10.1 Å². The van der Waals surface area contributed by atoms with Crippen LogP contribution in [0.15, 0.2) is 18.2 Å². The summed E-state index contributed by atoms with van der Waals surface area (Å²) in [6, 6.07) is 3.59. The van der Waals surface area contributed by atoms with Crippen LogP contribution in [0.2, 0.25) is 0 Å². The Balaban J connectivity index is 2.07. The van der Waals surface area contributed by atoms with Crippen LogP contribution in [0.25, 0.3) is 0 Å². The molecular weight excluding hydrogens is 225 g/mol. The topological polar surface area (TPSA) is 58.6 Å². The average Bonchev–Trinajstić information content (AvgIpc) is 2.68. The standard InChI is InChI=1S/C12H14FNO3/c1-7-4-5-17-11(7)12(16)14-10-3-2-8(15)6-9(10)13/h2-3,6-7,11,15H,4-5H2,1H3,(H,14,16). The third-order valence-electron chi connectivity index (χ3n) is 2.86. The van der Waals surface area contributed by atoms with Gasteiger partial charge in [0, 0.05) is 12.7 Å². The summed E-state index contributed by atoms with van der Waals surface area (Å²) in [5.41, 5.74) is 0.0514. The molecule has 2 rings (SSSR count). The van der Waals surface area contributed by atoms with Crippen molar-refractivity contribution >= 4 is 11.6 Å². The van der Waals surface area contributed by atoms with E-state index in [1.165, 1.54) is 12.1 Å². The molecule has 2 N–H and O–H groups in total. The van der Waals surface area contributed by atoms with E-state index in [1.54, 1.807) is 0 Å². The van der Waals surface area contributed by atoms with Gasteiger partial charge < -0.3 is 15.2 Å². The Morgan fingerprint density at radius 2 is 2.35 bits per heavy atom. The van der Waals surface area contributed by atoms with Gasteiger partial charge in [0.2, 0.25) is 0 Å². The first kappa shape index (κ1) is 11.9. The third-order valence-corrected chi connectivity index (χ3v) is 2.86. The highest BCUT2D eigenvalue weighted by Crippen LogP contribution is 2.23. The van der Waals surface area contributed by atoms with E-state index in [2.05, 4.69) is 5.32 Å². The molecule has 1 aliphatic rings. The summed E-state index contributed by atoms with van der Waals surface area (Å²) < 4.78 is 18.7. The maximum atomic E-state index is 13.4. The maximum absolute atomic E-state index is 13.4. The molecule has 0 aliphatic carbocycles. The van der Waals surface area contributed by atoms with Crippen molar-refractivity contribution in [3.63, 3.8) is 0 Å². The van der Waals surface area contributed by atoms with Gasteiger partial charge in [-0.3, -0.25) is 4.79 Å². The van der Waals surface area contributed by atoms with Crippen LogP contribution < -0.4 is 5.32 Å². The summed E-state index contributed by atoms with van der Waals surface area (Å²) in [7, 11) is 0. The fourth-order valence-electron chi connectivity index (χ4n) is 1.84. The Morgan fingerprint density at radius 3 is 2.94 bits per heavy atom. The summed E-state index contributed by atoms with van der Waals surface area (Å²) >= 11 is 0. The number of halogens is 1. The minimum Gasteiger partial charge on any atom is -0.508 e. The zero-order valence-corrected chi connectivity index (χ0v) is 9.44. The van der Waals surface area contributed by atoms with Crippen LogP contribution in [-0.2, 0) is 9.53 Å². The summed E-state index contributed by atoms with van der Waals surface area (Å²) in [4.78, 5) is 11.8. The van der Waals surface area contributed by atoms with Gasteiger partial charge in [-0.05, 0) is 24.5 Å². The predicted octanol–water partition coefficient (Wildman–Crippen LogP) is 1.89. The number of aromatic hydroxyl groups is 1.